The molecule has 0 radical (unpaired) electrons. The fourth-order valence-electron chi connectivity index (χ4n) is 2.25. The van der Waals surface area contributed by atoms with Crippen LogP contribution in [0.4, 0.5) is 11.5 Å². The molecule has 7 heteroatoms. The highest BCUT2D eigenvalue weighted by atomic mass is 35.5. The molecular weight excluding hydrogens is 371 g/mol. The van der Waals surface area contributed by atoms with Crippen LogP contribution in [0.5, 0.6) is 0 Å². The Bertz CT molecular complexity index is 866. The maximum atomic E-state index is 12.1. The molecule has 0 fully saturated rings. The number of carbonyl (C=O) groups is 1. The Morgan fingerprint density at radius 3 is 2.15 bits per heavy atom. The van der Waals surface area contributed by atoms with Crippen LogP contribution in [0.25, 0.3) is 0 Å². The van der Waals surface area contributed by atoms with Crippen molar-refractivity contribution in [3.63, 3.8) is 0 Å². The van der Waals surface area contributed by atoms with E-state index in [0.29, 0.717) is 28.8 Å². The van der Waals surface area contributed by atoms with Gasteiger partial charge in [-0.3, -0.25) is 4.79 Å². The zero-order chi connectivity index (χ0) is 18.4. The Morgan fingerprint density at radius 2 is 1.54 bits per heavy atom. The molecule has 1 amide bonds. The van der Waals surface area contributed by atoms with Gasteiger partial charge in [0.15, 0.2) is 0 Å². The summed E-state index contributed by atoms with van der Waals surface area (Å²) in [7, 11) is 0. The molecule has 26 heavy (non-hydrogen) atoms. The third-order valence-corrected chi connectivity index (χ3v) is 4.12. The van der Waals surface area contributed by atoms with Gasteiger partial charge in [-0.2, -0.15) is 0 Å². The maximum absolute atomic E-state index is 12.1. The Hall–Kier alpha value is -2.63. The number of benzene rings is 2. The molecule has 0 spiro atoms. The molecule has 132 valence electrons. The highest BCUT2D eigenvalue weighted by Gasteiger charge is 2.07. The Morgan fingerprint density at radius 1 is 0.885 bits per heavy atom. The number of anilines is 2. The Labute approximate surface area is 161 Å². The zero-order valence-electron chi connectivity index (χ0n) is 13.7. The summed E-state index contributed by atoms with van der Waals surface area (Å²) < 4.78 is 0. The van der Waals surface area contributed by atoms with Gasteiger partial charge in [0.25, 0.3) is 5.91 Å². The van der Waals surface area contributed by atoms with E-state index in [1.807, 2.05) is 36.4 Å². The molecule has 5 nitrogen and oxygen atoms in total. The fourth-order valence-corrected chi connectivity index (χ4v) is 2.50. The van der Waals surface area contributed by atoms with Crippen molar-refractivity contribution >= 4 is 40.6 Å². The largest absolute Gasteiger partial charge is 0.350 e. The topological polar surface area (TPSA) is 66.9 Å². The standard InChI is InChI=1S/C19H16Cl2N4O/c20-14-3-1-13(2-4-14)9-10-22-19(26)17-11-24-18(12-23-17)25-16-7-5-15(21)6-8-16/h1-8,11-12H,9-10H2,(H,22,26)(H,24,25). The molecule has 0 unspecified atom stereocenters. The number of halogens is 2. The molecule has 0 aliphatic rings. The normalized spacial score (nSPS) is 10.4. The summed E-state index contributed by atoms with van der Waals surface area (Å²) >= 11 is 11.7. The van der Waals surface area contributed by atoms with E-state index >= 15 is 0 Å². The van der Waals surface area contributed by atoms with Gasteiger partial charge >= 0.3 is 0 Å². The summed E-state index contributed by atoms with van der Waals surface area (Å²) in [6, 6.07) is 14.8. The van der Waals surface area contributed by atoms with Crippen molar-refractivity contribution in [2.24, 2.45) is 0 Å². The van der Waals surface area contributed by atoms with E-state index in [4.69, 9.17) is 23.2 Å². The highest BCUT2D eigenvalue weighted by molar-refractivity contribution is 6.30. The van der Waals surface area contributed by atoms with Crippen molar-refractivity contribution in [1.29, 1.82) is 0 Å². The van der Waals surface area contributed by atoms with Gasteiger partial charge in [0.1, 0.15) is 11.5 Å². The van der Waals surface area contributed by atoms with Crippen LogP contribution < -0.4 is 10.6 Å². The SMILES string of the molecule is O=C(NCCc1ccc(Cl)cc1)c1cnc(Nc2ccc(Cl)cc2)cn1. The molecule has 0 aliphatic heterocycles. The van der Waals surface area contributed by atoms with Crippen LogP contribution in [0.2, 0.25) is 10.0 Å². The van der Waals surface area contributed by atoms with E-state index in [2.05, 4.69) is 20.6 Å². The molecule has 0 saturated carbocycles. The van der Waals surface area contributed by atoms with Crippen molar-refractivity contribution < 1.29 is 4.79 Å². The van der Waals surface area contributed by atoms with E-state index in [-0.39, 0.29) is 11.6 Å². The van der Waals surface area contributed by atoms with Crippen molar-refractivity contribution in [3.05, 3.63) is 82.2 Å². The molecule has 2 N–H and O–H groups in total. The molecule has 1 aromatic heterocycles. The smallest absolute Gasteiger partial charge is 0.271 e. The Kier molecular flexibility index (Phi) is 6.04. The Balaban J connectivity index is 1.51. The van der Waals surface area contributed by atoms with E-state index in [1.54, 1.807) is 12.1 Å². The monoisotopic (exact) mass is 386 g/mol. The van der Waals surface area contributed by atoms with Gasteiger partial charge in [-0.1, -0.05) is 35.3 Å². The van der Waals surface area contributed by atoms with Gasteiger partial charge in [0.2, 0.25) is 0 Å². The van der Waals surface area contributed by atoms with Gasteiger partial charge in [0, 0.05) is 22.3 Å². The first-order valence-corrected chi connectivity index (χ1v) is 8.73. The zero-order valence-corrected chi connectivity index (χ0v) is 15.3. The lowest BCUT2D eigenvalue weighted by atomic mass is 10.1. The van der Waals surface area contributed by atoms with Crippen LogP contribution in [-0.4, -0.2) is 22.4 Å². The number of aromatic nitrogens is 2. The summed E-state index contributed by atoms with van der Waals surface area (Å²) in [4.78, 5) is 20.5. The second-order valence-corrected chi connectivity index (χ2v) is 6.42. The number of nitrogens with one attached hydrogen (secondary N) is 2. The first-order valence-electron chi connectivity index (χ1n) is 7.97. The minimum atomic E-state index is -0.260. The molecule has 0 saturated heterocycles. The molecule has 2 aromatic carbocycles. The predicted octanol–water partition coefficient (Wildman–Crippen LogP) is 4.50. The van der Waals surface area contributed by atoms with Crippen molar-refractivity contribution in [3.8, 4) is 0 Å². The second-order valence-electron chi connectivity index (χ2n) is 5.55. The molecule has 3 rings (SSSR count). The summed E-state index contributed by atoms with van der Waals surface area (Å²) in [6.07, 6.45) is 3.67. The first-order chi connectivity index (χ1) is 12.6. The molecular formula is C19H16Cl2N4O. The second kappa shape index (κ2) is 8.65. The lowest BCUT2D eigenvalue weighted by Crippen LogP contribution is -2.26. The predicted molar refractivity (Wildman–Crippen MR) is 104 cm³/mol. The number of carbonyl (C=O) groups excluding carboxylic acids is 1. The fraction of sp³-hybridized carbons (Fsp3) is 0.105. The lowest BCUT2D eigenvalue weighted by molar-refractivity contribution is 0.0949. The third kappa shape index (κ3) is 5.18. The third-order valence-electron chi connectivity index (χ3n) is 3.61. The van der Waals surface area contributed by atoms with Crippen LogP contribution in [-0.2, 0) is 6.42 Å². The summed E-state index contributed by atoms with van der Waals surface area (Å²) in [5, 5.41) is 7.27. The van der Waals surface area contributed by atoms with Gasteiger partial charge < -0.3 is 10.6 Å². The number of hydrogen-bond donors (Lipinski definition) is 2. The molecule has 1 heterocycles. The maximum Gasteiger partial charge on any atom is 0.271 e. The average Bonchev–Trinajstić information content (AvgIpc) is 2.66. The summed E-state index contributed by atoms with van der Waals surface area (Å²) in [6.45, 7) is 0.507. The van der Waals surface area contributed by atoms with Crippen LogP contribution in [0, 0.1) is 0 Å². The van der Waals surface area contributed by atoms with Crippen molar-refractivity contribution in [2.45, 2.75) is 6.42 Å². The molecule has 0 aliphatic carbocycles. The van der Waals surface area contributed by atoms with Crippen LogP contribution >= 0.6 is 23.2 Å². The molecule has 0 bridgehead atoms. The number of hydrogen-bond acceptors (Lipinski definition) is 4. The number of amides is 1. The van der Waals surface area contributed by atoms with E-state index in [1.165, 1.54) is 12.4 Å². The lowest BCUT2D eigenvalue weighted by Gasteiger charge is -2.07. The summed E-state index contributed by atoms with van der Waals surface area (Å²) in [5.74, 6) is 0.287. The van der Waals surface area contributed by atoms with Gasteiger partial charge in [0.05, 0.1) is 12.4 Å². The van der Waals surface area contributed by atoms with Gasteiger partial charge in [-0.25, -0.2) is 9.97 Å². The quantitative estimate of drug-likeness (QED) is 0.654. The first kappa shape index (κ1) is 18.2. The van der Waals surface area contributed by atoms with Crippen LogP contribution in [0.3, 0.4) is 0 Å². The molecule has 3 aromatic rings. The average molecular weight is 387 g/mol. The van der Waals surface area contributed by atoms with Crippen molar-refractivity contribution in [2.75, 3.05) is 11.9 Å². The van der Waals surface area contributed by atoms with E-state index in [0.717, 1.165) is 11.3 Å². The van der Waals surface area contributed by atoms with Gasteiger partial charge in [-0.05, 0) is 48.4 Å². The summed E-state index contributed by atoms with van der Waals surface area (Å²) in [5.41, 5.74) is 2.20. The van der Waals surface area contributed by atoms with Crippen LogP contribution in [0.15, 0.2) is 60.9 Å². The minimum Gasteiger partial charge on any atom is -0.350 e. The van der Waals surface area contributed by atoms with E-state index in [9.17, 15) is 4.79 Å². The van der Waals surface area contributed by atoms with Crippen LogP contribution in [0.1, 0.15) is 16.1 Å². The highest BCUT2D eigenvalue weighted by Crippen LogP contribution is 2.17. The minimum absolute atomic E-state index is 0.260. The number of rotatable bonds is 6. The number of nitrogens with zero attached hydrogens (tertiary/aromatic N) is 2. The van der Waals surface area contributed by atoms with Gasteiger partial charge in [-0.15, -0.1) is 0 Å². The molecule has 0 atom stereocenters. The van der Waals surface area contributed by atoms with E-state index < -0.39 is 0 Å². The van der Waals surface area contributed by atoms with Crippen molar-refractivity contribution in [1.82, 2.24) is 15.3 Å².